The molecule has 1 fully saturated rings. The zero-order valence-corrected chi connectivity index (χ0v) is 19.9. The fraction of sp³-hybridized carbons (Fsp3) is 0.370. The molecule has 0 spiro atoms. The number of aromatic nitrogens is 2. The summed E-state index contributed by atoms with van der Waals surface area (Å²) < 4.78 is 7.73. The van der Waals surface area contributed by atoms with Crippen LogP contribution in [0.5, 0.6) is 5.75 Å². The number of carbonyl (C=O) groups excluding carboxylic acids is 2. The molecule has 0 bridgehead atoms. The van der Waals surface area contributed by atoms with Gasteiger partial charge in [-0.2, -0.15) is 0 Å². The normalized spacial score (nSPS) is 14.1. The number of likely N-dealkylation sites (tertiary alicyclic amines) is 1. The van der Waals surface area contributed by atoms with Crippen LogP contribution in [0, 0.1) is 0 Å². The molecule has 0 unspecified atom stereocenters. The highest BCUT2D eigenvalue weighted by Gasteiger charge is 2.30. The van der Waals surface area contributed by atoms with Gasteiger partial charge in [-0.05, 0) is 55.7 Å². The predicted octanol–water partition coefficient (Wildman–Crippen LogP) is 4.16. The van der Waals surface area contributed by atoms with Crippen LogP contribution in [0.2, 0.25) is 0 Å². The highest BCUT2D eigenvalue weighted by molar-refractivity contribution is 5.95. The van der Waals surface area contributed by atoms with Gasteiger partial charge in [0.1, 0.15) is 18.2 Å². The maximum absolute atomic E-state index is 13.4. The van der Waals surface area contributed by atoms with Gasteiger partial charge in [0.15, 0.2) is 0 Å². The van der Waals surface area contributed by atoms with Crippen molar-refractivity contribution >= 4 is 11.8 Å². The Morgan fingerprint density at radius 2 is 1.74 bits per heavy atom. The first-order valence-electron chi connectivity index (χ1n) is 11.9. The molecule has 0 atom stereocenters. The molecule has 2 heterocycles. The summed E-state index contributed by atoms with van der Waals surface area (Å²) in [5.41, 5.74) is 1.37. The van der Waals surface area contributed by atoms with Gasteiger partial charge < -0.3 is 19.1 Å². The first-order valence-corrected chi connectivity index (χ1v) is 11.9. The molecular weight excluding hydrogens is 428 g/mol. The van der Waals surface area contributed by atoms with E-state index in [9.17, 15) is 9.59 Å². The average Bonchev–Trinajstić information content (AvgIpc) is 3.30. The lowest BCUT2D eigenvalue weighted by atomic mass is 10.0. The van der Waals surface area contributed by atoms with Gasteiger partial charge in [-0.15, -0.1) is 0 Å². The van der Waals surface area contributed by atoms with Crippen molar-refractivity contribution in [2.45, 2.75) is 38.8 Å². The van der Waals surface area contributed by atoms with E-state index in [4.69, 9.17) is 4.74 Å². The van der Waals surface area contributed by atoms with Crippen LogP contribution < -0.4 is 4.74 Å². The quantitative estimate of drug-likeness (QED) is 0.506. The van der Waals surface area contributed by atoms with Crippen LogP contribution in [0.15, 0.2) is 67.0 Å². The molecule has 4 rings (SSSR count). The first kappa shape index (κ1) is 23.5. The maximum Gasteiger partial charge on any atom is 0.254 e. The van der Waals surface area contributed by atoms with Gasteiger partial charge in [0.2, 0.25) is 0 Å². The van der Waals surface area contributed by atoms with Crippen LogP contribution in [-0.2, 0) is 13.7 Å². The van der Waals surface area contributed by atoms with Gasteiger partial charge in [-0.3, -0.25) is 9.59 Å². The lowest BCUT2D eigenvalue weighted by molar-refractivity contribution is 0.0519. The molecule has 0 N–H and O–H groups in total. The Labute approximate surface area is 201 Å². The molecule has 1 aliphatic heterocycles. The van der Waals surface area contributed by atoms with Crippen molar-refractivity contribution in [1.29, 1.82) is 0 Å². The molecule has 0 saturated carbocycles. The maximum atomic E-state index is 13.4. The summed E-state index contributed by atoms with van der Waals surface area (Å²) in [5.74, 6) is 1.64. The largest absolute Gasteiger partial charge is 0.486 e. The van der Waals surface area contributed by atoms with Crippen LogP contribution >= 0.6 is 0 Å². The van der Waals surface area contributed by atoms with Gasteiger partial charge in [0.25, 0.3) is 11.8 Å². The van der Waals surface area contributed by atoms with E-state index in [-0.39, 0.29) is 17.9 Å². The minimum atomic E-state index is 0.0327. The third-order valence-corrected chi connectivity index (χ3v) is 6.33. The molecular formula is C27H32N4O3. The molecule has 0 aliphatic carbocycles. The monoisotopic (exact) mass is 460 g/mol. The number of piperidine rings is 1. The number of nitrogens with zero attached hydrogens (tertiary/aromatic N) is 4. The van der Waals surface area contributed by atoms with E-state index in [0.717, 1.165) is 25.1 Å². The molecule has 0 radical (unpaired) electrons. The van der Waals surface area contributed by atoms with Crippen molar-refractivity contribution in [2.24, 2.45) is 7.05 Å². The third-order valence-electron chi connectivity index (χ3n) is 6.33. The second-order valence-electron chi connectivity index (χ2n) is 8.66. The number of ether oxygens (including phenoxy) is 1. The van der Waals surface area contributed by atoms with Crippen molar-refractivity contribution in [1.82, 2.24) is 19.4 Å². The summed E-state index contributed by atoms with van der Waals surface area (Å²) in [4.78, 5) is 34.3. The number of rotatable bonds is 8. The van der Waals surface area contributed by atoms with Crippen LogP contribution in [0.4, 0.5) is 0 Å². The van der Waals surface area contributed by atoms with Crippen molar-refractivity contribution < 1.29 is 14.3 Å². The van der Waals surface area contributed by atoms with Crippen LogP contribution in [0.3, 0.4) is 0 Å². The minimum Gasteiger partial charge on any atom is -0.486 e. The van der Waals surface area contributed by atoms with E-state index < -0.39 is 0 Å². The van der Waals surface area contributed by atoms with Gasteiger partial charge in [0, 0.05) is 56.2 Å². The summed E-state index contributed by atoms with van der Waals surface area (Å²) >= 11 is 0. The van der Waals surface area contributed by atoms with Crippen LogP contribution in [-0.4, -0.2) is 56.8 Å². The number of carbonyl (C=O) groups is 2. The third kappa shape index (κ3) is 5.47. The predicted molar refractivity (Wildman–Crippen MR) is 131 cm³/mol. The van der Waals surface area contributed by atoms with Crippen molar-refractivity contribution in [2.75, 3.05) is 19.6 Å². The Morgan fingerprint density at radius 3 is 2.35 bits per heavy atom. The molecule has 1 aliphatic rings. The summed E-state index contributed by atoms with van der Waals surface area (Å²) in [7, 11) is 1.93. The molecule has 3 aromatic rings. The first-order chi connectivity index (χ1) is 16.6. The average molecular weight is 461 g/mol. The fourth-order valence-corrected chi connectivity index (χ4v) is 4.38. The van der Waals surface area contributed by atoms with E-state index in [1.54, 1.807) is 6.20 Å². The van der Waals surface area contributed by atoms with E-state index in [2.05, 4.69) is 11.9 Å². The number of imidazole rings is 1. The molecule has 2 aromatic carbocycles. The molecule has 34 heavy (non-hydrogen) atoms. The van der Waals surface area contributed by atoms with Crippen molar-refractivity contribution in [3.05, 3.63) is 83.9 Å². The molecule has 2 amide bonds. The second kappa shape index (κ2) is 11.0. The lowest BCUT2D eigenvalue weighted by Gasteiger charge is -2.38. The summed E-state index contributed by atoms with van der Waals surface area (Å²) in [5, 5.41) is 0. The topological polar surface area (TPSA) is 67.7 Å². The molecule has 1 saturated heterocycles. The Balaban J connectivity index is 1.36. The SMILES string of the molecule is CCCN(C(=O)c1ccc(OCc2nccn2C)cc1)C1CCN(C(=O)c2ccccc2)CC1. The molecule has 1 aromatic heterocycles. The summed E-state index contributed by atoms with van der Waals surface area (Å²) in [6.45, 7) is 4.48. The summed E-state index contributed by atoms with van der Waals surface area (Å²) in [6, 6.07) is 16.8. The summed E-state index contributed by atoms with van der Waals surface area (Å²) in [6.07, 6.45) is 6.08. The highest BCUT2D eigenvalue weighted by Crippen LogP contribution is 2.22. The molecule has 7 heteroatoms. The van der Waals surface area contributed by atoms with Crippen molar-refractivity contribution in [3.63, 3.8) is 0 Å². The Bertz CT molecular complexity index is 1090. The smallest absolute Gasteiger partial charge is 0.254 e. The molecule has 7 nitrogen and oxygen atoms in total. The zero-order chi connectivity index (χ0) is 23.9. The highest BCUT2D eigenvalue weighted by atomic mass is 16.5. The van der Waals surface area contributed by atoms with Crippen LogP contribution in [0.1, 0.15) is 52.7 Å². The van der Waals surface area contributed by atoms with Crippen LogP contribution in [0.25, 0.3) is 0 Å². The number of benzene rings is 2. The number of amides is 2. The number of hydrogen-bond acceptors (Lipinski definition) is 4. The standard InChI is InChI=1S/C27H32N4O3/c1-3-16-31(23-13-17-30(18-14-23)26(32)21-7-5-4-6-8-21)27(33)22-9-11-24(12-10-22)34-20-25-28-15-19-29(25)2/h4-12,15,19,23H,3,13-14,16-18,20H2,1-2H3. The Hall–Kier alpha value is -3.61. The van der Waals surface area contributed by atoms with Gasteiger partial charge >= 0.3 is 0 Å². The van der Waals surface area contributed by atoms with E-state index in [1.165, 1.54) is 0 Å². The van der Waals surface area contributed by atoms with E-state index in [0.29, 0.717) is 43.1 Å². The second-order valence-corrected chi connectivity index (χ2v) is 8.66. The van der Waals surface area contributed by atoms with Gasteiger partial charge in [0.05, 0.1) is 0 Å². The fourth-order valence-electron chi connectivity index (χ4n) is 4.38. The Kier molecular flexibility index (Phi) is 7.62. The van der Waals surface area contributed by atoms with E-state index >= 15 is 0 Å². The van der Waals surface area contributed by atoms with E-state index in [1.807, 2.05) is 82.2 Å². The number of hydrogen-bond donors (Lipinski definition) is 0. The Morgan fingerprint density at radius 1 is 1.03 bits per heavy atom. The van der Waals surface area contributed by atoms with Gasteiger partial charge in [-0.1, -0.05) is 25.1 Å². The molecule has 178 valence electrons. The number of aryl methyl sites for hydroxylation is 1. The van der Waals surface area contributed by atoms with Crippen molar-refractivity contribution in [3.8, 4) is 5.75 Å². The lowest BCUT2D eigenvalue weighted by Crippen LogP contribution is -2.49. The minimum absolute atomic E-state index is 0.0327. The zero-order valence-electron chi connectivity index (χ0n) is 19.9. The van der Waals surface area contributed by atoms with Gasteiger partial charge in [-0.25, -0.2) is 4.98 Å².